The lowest BCUT2D eigenvalue weighted by molar-refractivity contribution is -0.119. The molecule has 0 radical (unpaired) electrons. The largest absolute Gasteiger partial charge is 0.310 e. The highest BCUT2D eigenvalue weighted by Crippen LogP contribution is 2.33. The van der Waals surface area contributed by atoms with Gasteiger partial charge in [0.15, 0.2) is 0 Å². The highest BCUT2D eigenvalue weighted by atomic mass is 16.2. The number of hydrogen-bond donors (Lipinski definition) is 1. The highest BCUT2D eigenvalue weighted by Gasteiger charge is 2.36. The normalized spacial score (nSPS) is 17.9. The average molecular weight is 380 g/mol. The second kappa shape index (κ2) is 8.46. The summed E-state index contributed by atoms with van der Waals surface area (Å²) in [5.74, 6) is 0.190. The summed E-state index contributed by atoms with van der Waals surface area (Å²) in [6.07, 6.45) is 2.38. The van der Waals surface area contributed by atoms with Gasteiger partial charge in [0.05, 0.1) is 5.66 Å². The van der Waals surface area contributed by atoms with Gasteiger partial charge < -0.3 is 10.6 Å². The molecule has 0 aromatic heterocycles. The van der Waals surface area contributed by atoms with Crippen molar-refractivity contribution in [3.05, 3.63) is 65.2 Å². The first-order valence-electron chi connectivity index (χ1n) is 10.3. The number of piperidine rings is 1. The van der Waals surface area contributed by atoms with E-state index >= 15 is 0 Å². The lowest BCUT2D eigenvalue weighted by Crippen LogP contribution is -2.57. The van der Waals surface area contributed by atoms with Crippen LogP contribution in [-0.4, -0.2) is 29.9 Å². The zero-order valence-electron chi connectivity index (χ0n) is 17.6. The fraction of sp³-hybridized carbons (Fsp3) is 0.458. The smallest absolute Gasteiger partial charge is 0.226 e. The third-order valence-corrected chi connectivity index (χ3v) is 6.08. The van der Waals surface area contributed by atoms with Crippen molar-refractivity contribution < 1.29 is 4.79 Å². The number of amides is 1. The van der Waals surface area contributed by atoms with Crippen molar-refractivity contribution >= 4 is 11.6 Å². The quantitative estimate of drug-likeness (QED) is 0.841. The summed E-state index contributed by atoms with van der Waals surface area (Å²) < 4.78 is 0. The van der Waals surface area contributed by atoms with Gasteiger partial charge in [-0.1, -0.05) is 43.3 Å². The summed E-state index contributed by atoms with van der Waals surface area (Å²) in [6, 6.07) is 16.6. The highest BCUT2D eigenvalue weighted by molar-refractivity contribution is 5.93. The molecule has 1 atom stereocenters. The van der Waals surface area contributed by atoms with Gasteiger partial charge >= 0.3 is 0 Å². The molecule has 1 aliphatic rings. The lowest BCUT2D eigenvalue weighted by Gasteiger charge is -2.46. The molecule has 1 fully saturated rings. The molecule has 0 saturated carbocycles. The van der Waals surface area contributed by atoms with Crippen LogP contribution in [0.15, 0.2) is 48.5 Å². The molecule has 0 bridgehead atoms. The Kier molecular flexibility index (Phi) is 6.21. The minimum atomic E-state index is -0.507. The van der Waals surface area contributed by atoms with Crippen LogP contribution in [0.5, 0.6) is 0 Å². The van der Waals surface area contributed by atoms with Crippen LogP contribution in [-0.2, 0) is 10.5 Å². The first-order valence-corrected chi connectivity index (χ1v) is 10.3. The van der Waals surface area contributed by atoms with E-state index in [1.54, 1.807) is 0 Å². The predicted octanol–water partition coefficient (Wildman–Crippen LogP) is 4.34. The number of anilines is 1. The molecule has 3 rings (SSSR count). The van der Waals surface area contributed by atoms with Crippen LogP contribution < -0.4 is 10.6 Å². The number of aryl methyl sites for hydroxylation is 2. The standard InChI is InChI=1S/C24H33N3O/c1-5-22(28)27(20-12-7-6-8-13-20)21-14-16-26(17-15-21)24(4,25)23-18(2)10-9-11-19(23)3/h6-13,21H,5,14-17,25H2,1-4H3. The van der Waals surface area contributed by atoms with E-state index in [1.807, 2.05) is 42.2 Å². The van der Waals surface area contributed by atoms with Crippen LogP contribution in [0, 0.1) is 13.8 Å². The maximum Gasteiger partial charge on any atom is 0.226 e. The molecule has 2 N–H and O–H groups in total. The van der Waals surface area contributed by atoms with Crippen molar-refractivity contribution in [3.8, 4) is 0 Å². The van der Waals surface area contributed by atoms with Crippen LogP contribution in [0.1, 0.15) is 49.8 Å². The fourth-order valence-corrected chi connectivity index (χ4v) is 4.68. The van der Waals surface area contributed by atoms with Crippen molar-refractivity contribution in [1.29, 1.82) is 0 Å². The van der Waals surface area contributed by atoms with E-state index < -0.39 is 5.66 Å². The molecule has 1 amide bonds. The Hall–Kier alpha value is -2.17. The number of nitrogens with two attached hydrogens (primary N) is 1. The van der Waals surface area contributed by atoms with Gasteiger partial charge in [-0.3, -0.25) is 9.69 Å². The summed E-state index contributed by atoms with van der Waals surface area (Å²) in [7, 11) is 0. The summed E-state index contributed by atoms with van der Waals surface area (Å²) in [6.45, 7) is 10.1. The van der Waals surface area contributed by atoms with Crippen LogP contribution in [0.3, 0.4) is 0 Å². The number of para-hydroxylation sites is 1. The molecule has 2 aromatic rings. The zero-order chi connectivity index (χ0) is 20.3. The lowest BCUT2D eigenvalue weighted by atomic mass is 9.89. The second-order valence-electron chi connectivity index (χ2n) is 8.09. The minimum absolute atomic E-state index is 0.190. The molecule has 1 unspecified atom stereocenters. The monoisotopic (exact) mass is 379 g/mol. The van der Waals surface area contributed by atoms with Crippen LogP contribution in [0.25, 0.3) is 0 Å². The topological polar surface area (TPSA) is 49.6 Å². The van der Waals surface area contributed by atoms with Gasteiger partial charge in [0, 0.05) is 31.2 Å². The molecule has 4 nitrogen and oxygen atoms in total. The maximum absolute atomic E-state index is 12.7. The average Bonchev–Trinajstić information content (AvgIpc) is 2.69. The van der Waals surface area contributed by atoms with Crippen molar-refractivity contribution in [1.82, 2.24) is 4.90 Å². The van der Waals surface area contributed by atoms with E-state index in [9.17, 15) is 4.79 Å². The molecule has 1 heterocycles. The maximum atomic E-state index is 12.7. The molecule has 1 aliphatic heterocycles. The van der Waals surface area contributed by atoms with Gasteiger partial charge in [-0.2, -0.15) is 0 Å². The Labute approximate surface area is 169 Å². The molecule has 2 aromatic carbocycles. The van der Waals surface area contributed by atoms with E-state index in [4.69, 9.17) is 5.73 Å². The van der Waals surface area contributed by atoms with Crippen LogP contribution in [0.2, 0.25) is 0 Å². The van der Waals surface area contributed by atoms with Gasteiger partial charge in [0.25, 0.3) is 0 Å². The molecule has 0 aliphatic carbocycles. The van der Waals surface area contributed by atoms with E-state index in [1.165, 1.54) is 16.7 Å². The van der Waals surface area contributed by atoms with Crippen LogP contribution >= 0.6 is 0 Å². The Balaban J connectivity index is 1.78. The zero-order valence-corrected chi connectivity index (χ0v) is 17.6. The second-order valence-corrected chi connectivity index (χ2v) is 8.09. The van der Waals surface area contributed by atoms with Crippen molar-refractivity contribution in [3.63, 3.8) is 0 Å². The van der Waals surface area contributed by atoms with Gasteiger partial charge in [-0.25, -0.2) is 0 Å². The summed E-state index contributed by atoms with van der Waals surface area (Å²) in [5, 5.41) is 0. The van der Waals surface area contributed by atoms with Gasteiger partial charge in [-0.05, 0) is 62.4 Å². The number of likely N-dealkylation sites (tertiary alicyclic amines) is 1. The van der Waals surface area contributed by atoms with E-state index in [0.29, 0.717) is 6.42 Å². The minimum Gasteiger partial charge on any atom is -0.310 e. The fourth-order valence-electron chi connectivity index (χ4n) is 4.68. The Bertz CT molecular complexity index is 788. The molecule has 150 valence electrons. The predicted molar refractivity (Wildman–Crippen MR) is 116 cm³/mol. The van der Waals surface area contributed by atoms with Crippen molar-refractivity contribution in [2.75, 3.05) is 18.0 Å². The molecule has 4 heteroatoms. The van der Waals surface area contributed by atoms with E-state index in [2.05, 4.69) is 43.9 Å². The van der Waals surface area contributed by atoms with Crippen LogP contribution in [0.4, 0.5) is 5.69 Å². The van der Waals surface area contributed by atoms with E-state index in [0.717, 1.165) is 31.6 Å². The molecule has 1 saturated heterocycles. The SMILES string of the molecule is CCC(=O)N(c1ccccc1)C1CCN(C(C)(N)c2c(C)cccc2C)CC1. The van der Waals surface area contributed by atoms with Gasteiger partial charge in [-0.15, -0.1) is 0 Å². The summed E-state index contributed by atoms with van der Waals surface area (Å²) in [4.78, 5) is 17.1. The van der Waals surface area contributed by atoms with Crippen molar-refractivity contribution in [2.45, 2.75) is 58.7 Å². The third-order valence-electron chi connectivity index (χ3n) is 6.08. The molecule has 28 heavy (non-hydrogen) atoms. The van der Waals surface area contributed by atoms with Gasteiger partial charge in [0.2, 0.25) is 5.91 Å². The first-order chi connectivity index (χ1) is 13.4. The van der Waals surface area contributed by atoms with Crippen molar-refractivity contribution in [2.24, 2.45) is 5.73 Å². The number of nitrogens with zero attached hydrogens (tertiary/aromatic N) is 2. The Morgan fingerprint density at radius 2 is 1.64 bits per heavy atom. The Morgan fingerprint density at radius 1 is 1.07 bits per heavy atom. The number of carbonyl (C=O) groups excluding carboxylic acids is 1. The third kappa shape index (κ3) is 3.98. The number of benzene rings is 2. The number of carbonyl (C=O) groups is 1. The molecule has 0 spiro atoms. The molecular formula is C24H33N3O. The van der Waals surface area contributed by atoms with Gasteiger partial charge in [0.1, 0.15) is 0 Å². The first kappa shape index (κ1) is 20.6. The van der Waals surface area contributed by atoms with E-state index in [-0.39, 0.29) is 11.9 Å². The summed E-state index contributed by atoms with van der Waals surface area (Å²) in [5.41, 5.74) is 11.1. The number of hydrogen-bond acceptors (Lipinski definition) is 3. The molecular weight excluding hydrogens is 346 g/mol. The number of rotatable bonds is 5. The summed E-state index contributed by atoms with van der Waals surface area (Å²) >= 11 is 0. The Morgan fingerprint density at radius 3 is 2.18 bits per heavy atom.